The van der Waals surface area contributed by atoms with Crippen LogP contribution in [-0.2, 0) is 11.3 Å². The van der Waals surface area contributed by atoms with Crippen LogP contribution in [0.2, 0.25) is 0 Å². The SMILES string of the molecule is c1cc(COC2CC3CCC(C2)N3)cs1. The lowest BCUT2D eigenvalue weighted by Crippen LogP contribution is -2.41. The van der Waals surface area contributed by atoms with Crippen LogP contribution in [0.3, 0.4) is 0 Å². The number of fused-ring (bicyclic) bond motifs is 2. The number of rotatable bonds is 3. The molecule has 2 nitrogen and oxygen atoms in total. The van der Waals surface area contributed by atoms with Gasteiger partial charge in [0.1, 0.15) is 0 Å². The van der Waals surface area contributed by atoms with Crippen molar-refractivity contribution in [3.05, 3.63) is 22.4 Å². The van der Waals surface area contributed by atoms with Gasteiger partial charge in [-0.3, -0.25) is 0 Å². The Morgan fingerprint density at radius 3 is 2.80 bits per heavy atom. The minimum atomic E-state index is 0.489. The monoisotopic (exact) mass is 223 g/mol. The zero-order chi connectivity index (χ0) is 10.1. The van der Waals surface area contributed by atoms with Crippen molar-refractivity contribution in [2.24, 2.45) is 0 Å². The highest BCUT2D eigenvalue weighted by atomic mass is 32.1. The number of hydrogen-bond donors (Lipinski definition) is 1. The Hall–Kier alpha value is -0.380. The van der Waals surface area contributed by atoms with E-state index in [1.54, 1.807) is 11.3 Å². The molecule has 0 radical (unpaired) electrons. The fourth-order valence-electron chi connectivity index (χ4n) is 2.73. The molecule has 3 heterocycles. The normalized spacial score (nSPS) is 34.5. The first-order chi connectivity index (χ1) is 7.40. The molecule has 2 fully saturated rings. The summed E-state index contributed by atoms with van der Waals surface area (Å²) in [5.74, 6) is 0. The quantitative estimate of drug-likeness (QED) is 0.850. The Kier molecular flexibility index (Phi) is 2.77. The molecule has 2 bridgehead atoms. The van der Waals surface area contributed by atoms with E-state index in [1.807, 2.05) is 0 Å². The van der Waals surface area contributed by atoms with Crippen molar-refractivity contribution in [1.82, 2.24) is 5.32 Å². The average molecular weight is 223 g/mol. The van der Waals surface area contributed by atoms with Gasteiger partial charge in [-0.2, -0.15) is 11.3 Å². The van der Waals surface area contributed by atoms with Gasteiger partial charge >= 0.3 is 0 Å². The van der Waals surface area contributed by atoms with Crippen molar-refractivity contribution in [1.29, 1.82) is 0 Å². The zero-order valence-electron chi connectivity index (χ0n) is 8.82. The van der Waals surface area contributed by atoms with E-state index < -0.39 is 0 Å². The van der Waals surface area contributed by atoms with Gasteiger partial charge in [-0.15, -0.1) is 0 Å². The summed E-state index contributed by atoms with van der Waals surface area (Å²) in [5, 5.41) is 7.93. The first-order valence-electron chi connectivity index (χ1n) is 5.79. The van der Waals surface area contributed by atoms with Gasteiger partial charge in [-0.05, 0) is 48.1 Å². The maximum atomic E-state index is 5.97. The van der Waals surface area contributed by atoms with Crippen LogP contribution in [0.4, 0.5) is 0 Å². The number of hydrogen-bond acceptors (Lipinski definition) is 3. The number of nitrogens with one attached hydrogen (secondary N) is 1. The van der Waals surface area contributed by atoms with Crippen molar-refractivity contribution in [2.45, 2.75) is 50.5 Å². The third-order valence-corrected chi connectivity index (χ3v) is 4.23. The molecular weight excluding hydrogens is 206 g/mol. The Bertz CT molecular complexity index is 299. The molecule has 2 aliphatic rings. The van der Waals surface area contributed by atoms with E-state index in [9.17, 15) is 0 Å². The van der Waals surface area contributed by atoms with Gasteiger partial charge in [0.25, 0.3) is 0 Å². The smallest absolute Gasteiger partial charge is 0.0728 e. The summed E-state index contributed by atoms with van der Waals surface area (Å²) < 4.78 is 5.97. The minimum Gasteiger partial charge on any atom is -0.373 e. The van der Waals surface area contributed by atoms with Crippen LogP contribution in [0.1, 0.15) is 31.2 Å². The van der Waals surface area contributed by atoms with Gasteiger partial charge in [0.05, 0.1) is 12.7 Å². The molecule has 0 amide bonds. The molecule has 2 atom stereocenters. The maximum absolute atomic E-state index is 5.97. The van der Waals surface area contributed by atoms with Crippen LogP contribution in [0, 0.1) is 0 Å². The largest absolute Gasteiger partial charge is 0.373 e. The van der Waals surface area contributed by atoms with Crippen LogP contribution in [0.5, 0.6) is 0 Å². The lowest BCUT2D eigenvalue weighted by molar-refractivity contribution is 0.00932. The van der Waals surface area contributed by atoms with E-state index in [4.69, 9.17) is 4.74 Å². The molecule has 0 saturated carbocycles. The van der Waals surface area contributed by atoms with Crippen LogP contribution in [0.15, 0.2) is 16.8 Å². The van der Waals surface area contributed by atoms with Crippen LogP contribution >= 0.6 is 11.3 Å². The van der Waals surface area contributed by atoms with Gasteiger partial charge in [0.2, 0.25) is 0 Å². The Morgan fingerprint density at radius 1 is 1.33 bits per heavy atom. The summed E-state index contributed by atoms with van der Waals surface area (Å²) in [6.07, 6.45) is 5.61. The average Bonchev–Trinajstić information content (AvgIpc) is 2.86. The lowest BCUT2D eigenvalue weighted by atomic mass is 10.0. The molecular formula is C12H17NOS. The van der Waals surface area contributed by atoms with Crippen LogP contribution in [0.25, 0.3) is 0 Å². The highest BCUT2D eigenvalue weighted by Crippen LogP contribution is 2.29. The standard InChI is InChI=1S/C12H17NOS/c1-2-11-6-12(5-10(1)13-11)14-7-9-3-4-15-8-9/h3-4,8,10-13H,1-2,5-7H2. The van der Waals surface area contributed by atoms with Gasteiger partial charge in [0, 0.05) is 12.1 Å². The molecule has 82 valence electrons. The molecule has 2 aliphatic heterocycles. The fourth-order valence-corrected chi connectivity index (χ4v) is 3.38. The van der Waals surface area contributed by atoms with E-state index in [0.717, 1.165) is 18.7 Å². The van der Waals surface area contributed by atoms with Gasteiger partial charge in [-0.1, -0.05) is 0 Å². The summed E-state index contributed by atoms with van der Waals surface area (Å²) in [6, 6.07) is 3.62. The summed E-state index contributed by atoms with van der Waals surface area (Å²) in [7, 11) is 0. The van der Waals surface area contributed by atoms with E-state index in [1.165, 1.54) is 31.2 Å². The van der Waals surface area contributed by atoms with Crippen molar-refractivity contribution in [3.8, 4) is 0 Å². The predicted octanol–water partition coefficient (Wildman–Crippen LogP) is 2.55. The molecule has 3 heteroatoms. The molecule has 1 aromatic heterocycles. The van der Waals surface area contributed by atoms with E-state index in [2.05, 4.69) is 22.1 Å². The van der Waals surface area contributed by atoms with Crippen LogP contribution < -0.4 is 5.32 Å². The van der Waals surface area contributed by atoms with Gasteiger partial charge < -0.3 is 10.1 Å². The van der Waals surface area contributed by atoms with Gasteiger partial charge in [-0.25, -0.2) is 0 Å². The van der Waals surface area contributed by atoms with E-state index in [0.29, 0.717) is 6.10 Å². The first kappa shape index (κ1) is 9.82. The topological polar surface area (TPSA) is 21.3 Å². The lowest BCUT2D eigenvalue weighted by Gasteiger charge is -2.28. The Morgan fingerprint density at radius 2 is 2.13 bits per heavy atom. The third-order valence-electron chi connectivity index (χ3n) is 3.50. The van der Waals surface area contributed by atoms with E-state index >= 15 is 0 Å². The fraction of sp³-hybridized carbons (Fsp3) is 0.667. The second-order valence-electron chi connectivity index (χ2n) is 4.67. The first-order valence-corrected chi connectivity index (χ1v) is 6.73. The van der Waals surface area contributed by atoms with E-state index in [-0.39, 0.29) is 0 Å². The molecule has 3 rings (SSSR count). The zero-order valence-corrected chi connectivity index (χ0v) is 9.63. The summed E-state index contributed by atoms with van der Waals surface area (Å²) in [4.78, 5) is 0. The van der Waals surface area contributed by atoms with Crippen LogP contribution in [-0.4, -0.2) is 18.2 Å². The molecule has 0 aliphatic carbocycles. The van der Waals surface area contributed by atoms with Crippen molar-refractivity contribution in [3.63, 3.8) is 0 Å². The molecule has 0 aromatic carbocycles. The second kappa shape index (κ2) is 4.24. The molecule has 0 spiro atoms. The highest BCUT2D eigenvalue weighted by Gasteiger charge is 2.33. The number of ether oxygens (including phenoxy) is 1. The molecule has 2 unspecified atom stereocenters. The molecule has 2 saturated heterocycles. The van der Waals surface area contributed by atoms with Crippen molar-refractivity contribution < 1.29 is 4.74 Å². The van der Waals surface area contributed by atoms with Crippen molar-refractivity contribution >= 4 is 11.3 Å². The predicted molar refractivity (Wildman–Crippen MR) is 62.1 cm³/mol. The number of thiophene rings is 1. The second-order valence-corrected chi connectivity index (χ2v) is 5.45. The molecule has 1 aromatic rings. The highest BCUT2D eigenvalue weighted by molar-refractivity contribution is 7.07. The maximum Gasteiger partial charge on any atom is 0.0728 e. The Balaban J connectivity index is 1.52. The Labute approximate surface area is 94.6 Å². The number of piperidine rings is 1. The summed E-state index contributed by atoms with van der Waals surface area (Å²) >= 11 is 1.75. The summed E-state index contributed by atoms with van der Waals surface area (Å²) in [6.45, 7) is 0.799. The molecule has 15 heavy (non-hydrogen) atoms. The molecule has 1 N–H and O–H groups in total. The third kappa shape index (κ3) is 2.25. The van der Waals surface area contributed by atoms with Gasteiger partial charge in [0.15, 0.2) is 0 Å². The summed E-state index contributed by atoms with van der Waals surface area (Å²) in [5.41, 5.74) is 1.32. The van der Waals surface area contributed by atoms with Crippen molar-refractivity contribution in [2.75, 3.05) is 0 Å². The minimum absolute atomic E-state index is 0.489.